The molecule has 0 fully saturated rings. The summed E-state index contributed by atoms with van der Waals surface area (Å²) in [5.41, 5.74) is 2.29. The summed E-state index contributed by atoms with van der Waals surface area (Å²) >= 11 is 3.53. The zero-order valence-corrected chi connectivity index (χ0v) is 14.5. The molecule has 6 heteroatoms. The summed E-state index contributed by atoms with van der Waals surface area (Å²) in [6, 6.07) is 10.5. The predicted octanol–water partition coefficient (Wildman–Crippen LogP) is 3.45. The van der Waals surface area contributed by atoms with Crippen LogP contribution in [0.2, 0.25) is 0 Å². The van der Waals surface area contributed by atoms with Crippen LogP contribution in [0.5, 0.6) is 11.5 Å². The normalized spacial score (nSPS) is 10.4. The number of benzene rings is 2. The van der Waals surface area contributed by atoms with Crippen LogP contribution in [-0.2, 0) is 13.1 Å². The predicted molar refractivity (Wildman–Crippen MR) is 91.2 cm³/mol. The Morgan fingerprint density at radius 3 is 2.39 bits per heavy atom. The average molecular weight is 380 g/mol. The van der Waals surface area contributed by atoms with Gasteiger partial charge < -0.3 is 19.9 Å². The Bertz CT molecular complexity index is 686. The summed E-state index contributed by atoms with van der Waals surface area (Å²) in [6.45, 7) is 1.23. The van der Waals surface area contributed by atoms with Crippen molar-refractivity contribution in [3.63, 3.8) is 0 Å². The number of halogens is 1. The quantitative estimate of drug-likeness (QED) is 0.770. The van der Waals surface area contributed by atoms with Gasteiger partial charge >= 0.3 is 5.97 Å². The third-order valence-corrected chi connectivity index (χ3v) is 4.12. The van der Waals surface area contributed by atoms with Gasteiger partial charge in [0.05, 0.1) is 19.8 Å². The Morgan fingerprint density at radius 1 is 1.13 bits per heavy atom. The summed E-state index contributed by atoms with van der Waals surface area (Å²) < 4.78 is 11.5. The van der Waals surface area contributed by atoms with Gasteiger partial charge in [0.1, 0.15) is 11.5 Å². The molecule has 0 spiro atoms. The maximum Gasteiger partial charge on any atom is 0.335 e. The molecule has 0 radical (unpaired) electrons. The summed E-state index contributed by atoms with van der Waals surface area (Å²) in [6.07, 6.45) is 0. The van der Waals surface area contributed by atoms with E-state index in [-0.39, 0.29) is 5.56 Å². The Labute approximate surface area is 143 Å². The molecule has 2 rings (SSSR count). The lowest BCUT2D eigenvalue weighted by Gasteiger charge is -2.13. The van der Waals surface area contributed by atoms with E-state index < -0.39 is 5.97 Å². The van der Waals surface area contributed by atoms with Gasteiger partial charge in [-0.1, -0.05) is 28.1 Å². The minimum absolute atomic E-state index is 0.285. The fraction of sp³-hybridized carbons (Fsp3) is 0.235. The zero-order valence-electron chi connectivity index (χ0n) is 12.9. The molecule has 122 valence electrons. The molecule has 0 bridgehead atoms. The van der Waals surface area contributed by atoms with Gasteiger partial charge in [-0.05, 0) is 23.8 Å². The van der Waals surface area contributed by atoms with E-state index in [1.54, 1.807) is 38.5 Å². The van der Waals surface area contributed by atoms with Crippen LogP contribution in [0, 0.1) is 0 Å². The highest BCUT2D eigenvalue weighted by Crippen LogP contribution is 2.32. The molecule has 0 heterocycles. The molecule has 0 atom stereocenters. The SMILES string of the molecule is COc1cc(Br)c(CNCc2ccc(C(=O)O)cc2)c(OC)c1. The molecule has 2 N–H and O–H groups in total. The standard InChI is InChI=1S/C17H18BrNO4/c1-22-13-7-15(18)14(16(8-13)23-2)10-19-9-11-3-5-12(6-4-11)17(20)21/h3-8,19H,9-10H2,1-2H3,(H,20,21). The third-order valence-electron chi connectivity index (χ3n) is 3.42. The van der Waals surface area contributed by atoms with E-state index in [0.29, 0.717) is 13.1 Å². The monoisotopic (exact) mass is 379 g/mol. The van der Waals surface area contributed by atoms with E-state index in [1.807, 2.05) is 12.1 Å². The Hall–Kier alpha value is -2.05. The lowest BCUT2D eigenvalue weighted by atomic mass is 10.1. The van der Waals surface area contributed by atoms with Crippen molar-refractivity contribution in [2.45, 2.75) is 13.1 Å². The van der Waals surface area contributed by atoms with E-state index in [1.165, 1.54) is 0 Å². The molecule has 5 nitrogen and oxygen atoms in total. The molecular formula is C17H18BrNO4. The van der Waals surface area contributed by atoms with Crippen molar-refractivity contribution in [3.05, 3.63) is 57.6 Å². The van der Waals surface area contributed by atoms with Gasteiger partial charge in [0.2, 0.25) is 0 Å². The minimum Gasteiger partial charge on any atom is -0.497 e. The van der Waals surface area contributed by atoms with Gasteiger partial charge in [-0.2, -0.15) is 0 Å². The van der Waals surface area contributed by atoms with Crippen LogP contribution in [0.15, 0.2) is 40.9 Å². The van der Waals surface area contributed by atoms with Crippen LogP contribution in [0.25, 0.3) is 0 Å². The molecule has 23 heavy (non-hydrogen) atoms. The first-order chi connectivity index (χ1) is 11.0. The number of carboxylic acids is 1. The van der Waals surface area contributed by atoms with E-state index in [2.05, 4.69) is 21.2 Å². The summed E-state index contributed by atoms with van der Waals surface area (Å²) in [4.78, 5) is 10.8. The molecule has 0 aliphatic carbocycles. The zero-order chi connectivity index (χ0) is 16.8. The molecule has 0 aliphatic heterocycles. The number of hydrogen-bond donors (Lipinski definition) is 2. The lowest BCUT2D eigenvalue weighted by Crippen LogP contribution is -2.14. The van der Waals surface area contributed by atoms with E-state index in [4.69, 9.17) is 14.6 Å². The summed E-state index contributed by atoms with van der Waals surface area (Å²) in [7, 11) is 3.23. The van der Waals surface area contributed by atoms with Crippen molar-refractivity contribution in [2.75, 3.05) is 14.2 Å². The molecule has 0 unspecified atom stereocenters. The van der Waals surface area contributed by atoms with Crippen LogP contribution in [0.4, 0.5) is 0 Å². The second-order valence-corrected chi connectivity index (χ2v) is 5.75. The van der Waals surface area contributed by atoms with Gasteiger partial charge in [-0.3, -0.25) is 0 Å². The topological polar surface area (TPSA) is 67.8 Å². The molecule has 0 saturated carbocycles. The van der Waals surface area contributed by atoms with Gasteiger partial charge in [0, 0.05) is 29.2 Å². The maximum atomic E-state index is 10.8. The molecular weight excluding hydrogens is 362 g/mol. The van der Waals surface area contributed by atoms with Crippen molar-refractivity contribution in [1.82, 2.24) is 5.32 Å². The number of hydrogen-bond acceptors (Lipinski definition) is 4. The van der Waals surface area contributed by atoms with Crippen molar-refractivity contribution in [2.24, 2.45) is 0 Å². The van der Waals surface area contributed by atoms with Crippen molar-refractivity contribution in [3.8, 4) is 11.5 Å². The second kappa shape index (κ2) is 7.99. The molecule has 2 aromatic carbocycles. The van der Waals surface area contributed by atoms with Crippen LogP contribution in [0.1, 0.15) is 21.5 Å². The number of rotatable bonds is 7. The van der Waals surface area contributed by atoms with Crippen molar-refractivity contribution in [1.29, 1.82) is 0 Å². The maximum absolute atomic E-state index is 10.8. The van der Waals surface area contributed by atoms with Crippen LogP contribution >= 0.6 is 15.9 Å². The average Bonchev–Trinajstić information content (AvgIpc) is 2.56. The number of aromatic carboxylic acids is 1. The number of methoxy groups -OCH3 is 2. The smallest absolute Gasteiger partial charge is 0.335 e. The molecule has 0 amide bonds. The minimum atomic E-state index is -0.920. The summed E-state index contributed by atoms with van der Waals surface area (Å²) in [5.74, 6) is 0.545. The largest absolute Gasteiger partial charge is 0.497 e. The highest BCUT2D eigenvalue weighted by molar-refractivity contribution is 9.10. The highest BCUT2D eigenvalue weighted by Gasteiger charge is 2.10. The van der Waals surface area contributed by atoms with Gasteiger partial charge in [-0.25, -0.2) is 4.79 Å². The van der Waals surface area contributed by atoms with E-state index >= 15 is 0 Å². The number of nitrogens with one attached hydrogen (secondary N) is 1. The third kappa shape index (κ3) is 4.46. The number of carboxylic acid groups (broad SMARTS) is 1. The van der Waals surface area contributed by atoms with Gasteiger partial charge in [-0.15, -0.1) is 0 Å². The molecule has 0 aliphatic rings. The Balaban J connectivity index is 2.02. The number of ether oxygens (including phenoxy) is 2. The second-order valence-electron chi connectivity index (χ2n) is 4.90. The van der Waals surface area contributed by atoms with Crippen LogP contribution in [0.3, 0.4) is 0 Å². The van der Waals surface area contributed by atoms with Gasteiger partial charge in [0.25, 0.3) is 0 Å². The van der Waals surface area contributed by atoms with Gasteiger partial charge in [0.15, 0.2) is 0 Å². The van der Waals surface area contributed by atoms with E-state index in [0.717, 1.165) is 27.1 Å². The molecule has 2 aromatic rings. The fourth-order valence-electron chi connectivity index (χ4n) is 2.16. The first kappa shape index (κ1) is 17.3. The Morgan fingerprint density at radius 2 is 1.83 bits per heavy atom. The lowest BCUT2D eigenvalue weighted by molar-refractivity contribution is 0.0697. The first-order valence-corrected chi connectivity index (χ1v) is 7.77. The first-order valence-electron chi connectivity index (χ1n) is 6.98. The Kier molecular flexibility index (Phi) is 6.01. The summed E-state index contributed by atoms with van der Waals surface area (Å²) in [5, 5.41) is 12.2. The molecule has 0 saturated heterocycles. The van der Waals surface area contributed by atoms with Crippen molar-refractivity contribution >= 4 is 21.9 Å². The van der Waals surface area contributed by atoms with Crippen LogP contribution < -0.4 is 14.8 Å². The highest BCUT2D eigenvalue weighted by atomic mass is 79.9. The van der Waals surface area contributed by atoms with Crippen molar-refractivity contribution < 1.29 is 19.4 Å². The number of carbonyl (C=O) groups is 1. The van der Waals surface area contributed by atoms with Crippen LogP contribution in [-0.4, -0.2) is 25.3 Å². The van der Waals surface area contributed by atoms with E-state index in [9.17, 15) is 4.79 Å². The fourth-order valence-corrected chi connectivity index (χ4v) is 2.72. The molecule has 0 aromatic heterocycles.